The first-order chi connectivity index (χ1) is 25.5. The Morgan fingerprint density at radius 2 is 0.962 bits per heavy atom. The molecule has 0 saturated carbocycles. The smallest absolute Gasteiger partial charge is 0.0543 e. The standard InChI is InChI=1S/C51H37N/c1-51(2)47-19-9-8-18-45(47)50-48(51)20-11-21-49(50)52(41-16-10-15-38(32-41)34-12-4-3-5-13-34)40-28-24-35(25-29-40)39-23-22-37-27-30-43-42-17-7-6-14-36(42)26-31-44(43)46(37)33-39/h3-33H,1-2H3. The van der Waals surface area contributed by atoms with Gasteiger partial charge < -0.3 is 4.90 Å². The van der Waals surface area contributed by atoms with Crippen LogP contribution in [0.1, 0.15) is 25.0 Å². The fraction of sp³-hybridized carbons (Fsp3) is 0.0588. The van der Waals surface area contributed by atoms with E-state index < -0.39 is 0 Å². The fourth-order valence-corrected chi connectivity index (χ4v) is 8.60. The molecule has 1 aliphatic carbocycles. The van der Waals surface area contributed by atoms with Crippen molar-refractivity contribution in [3.05, 3.63) is 199 Å². The fourth-order valence-electron chi connectivity index (χ4n) is 8.60. The lowest BCUT2D eigenvalue weighted by molar-refractivity contribution is 0.660. The molecule has 1 aliphatic rings. The average Bonchev–Trinajstić information content (AvgIpc) is 3.44. The minimum Gasteiger partial charge on any atom is -0.310 e. The van der Waals surface area contributed by atoms with Crippen LogP contribution >= 0.6 is 0 Å². The molecular weight excluding hydrogens is 627 g/mol. The van der Waals surface area contributed by atoms with E-state index in [1.165, 1.54) is 82.5 Å². The molecule has 0 atom stereocenters. The Morgan fingerprint density at radius 3 is 1.81 bits per heavy atom. The number of hydrogen-bond donors (Lipinski definition) is 0. The SMILES string of the molecule is CC1(C)c2ccccc2-c2c(N(c3ccc(-c4ccc5ccc6c7ccccc7ccc6c5c4)cc3)c3cccc(-c4ccccc4)c3)cccc21. The third kappa shape index (κ3) is 4.77. The van der Waals surface area contributed by atoms with Gasteiger partial charge in [-0.05, 0) is 108 Å². The third-order valence-corrected chi connectivity index (χ3v) is 11.2. The molecule has 9 aromatic rings. The highest BCUT2D eigenvalue weighted by molar-refractivity contribution is 6.17. The molecule has 1 nitrogen and oxygen atoms in total. The second-order valence-electron chi connectivity index (χ2n) is 14.6. The maximum Gasteiger partial charge on any atom is 0.0543 e. The van der Waals surface area contributed by atoms with Crippen LogP contribution in [0.3, 0.4) is 0 Å². The first-order valence-electron chi connectivity index (χ1n) is 18.2. The molecule has 0 radical (unpaired) electrons. The second kappa shape index (κ2) is 11.8. The first kappa shape index (κ1) is 30.4. The monoisotopic (exact) mass is 663 g/mol. The summed E-state index contributed by atoms with van der Waals surface area (Å²) in [7, 11) is 0. The van der Waals surface area contributed by atoms with Crippen molar-refractivity contribution in [2.45, 2.75) is 19.3 Å². The summed E-state index contributed by atoms with van der Waals surface area (Å²) in [5, 5.41) is 7.70. The second-order valence-corrected chi connectivity index (χ2v) is 14.6. The van der Waals surface area contributed by atoms with Crippen molar-refractivity contribution in [1.29, 1.82) is 0 Å². The van der Waals surface area contributed by atoms with E-state index in [1.807, 2.05) is 0 Å². The van der Waals surface area contributed by atoms with Crippen LogP contribution in [0.25, 0.3) is 65.7 Å². The molecule has 0 N–H and O–H groups in total. The number of anilines is 3. The normalized spacial score (nSPS) is 13.0. The van der Waals surface area contributed by atoms with Gasteiger partial charge in [0.2, 0.25) is 0 Å². The van der Waals surface area contributed by atoms with Gasteiger partial charge in [0.1, 0.15) is 0 Å². The van der Waals surface area contributed by atoms with Crippen molar-refractivity contribution in [2.75, 3.05) is 4.90 Å². The molecule has 0 saturated heterocycles. The lowest BCUT2D eigenvalue weighted by Crippen LogP contribution is -2.16. The van der Waals surface area contributed by atoms with E-state index in [4.69, 9.17) is 0 Å². The molecule has 0 fully saturated rings. The number of rotatable bonds is 5. The van der Waals surface area contributed by atoms with E-state index in [0.717, 1.165) is 11.4 Å². The van der Waals surface area contributed by atoms with Gasteiger partial charge in [0.25, 0.3) is 0 Å². The minimum atomic E-state index is -0.0874. The predicted octanol–water partition coefficient (Wildman–Crippen LogP) is 14.3. The predicted molar refractivity (Wildman–Crippen MR) is 222 cm³/mol. The summed E-state index contributed by atoms with van der Waals surface area (Å²) < 4.78 is 0. The van der Waals surface area contributed by atoms with E-state index in [1.54, 1.807) is 0 Å². The van der Waals surface area contributed by atoms with Gasteiger partial charge in [-0.25, -0.2) is 0 Å². The molecule has 1 heteroatoms. The third-order valence-electron chi connectivity index (χ3n) is 11.2. The van der Waals surface area contributed by atoms with Gasteiger partial charge in [0.05, 0.1) is 5.69 Å². The maximum atomic E-state index is 2.45. The van der Waals surface area contributed by atoms with Gasteiger partial charge in [0.15, 0.2) is 0 Å². The van der Waals surface area contributed by atoms with Crippen LogP contribution in [0.4, 0.5) is 17.1 Å². The highest BCUT2D eigenvalue weighted by Gasteiger charge is 2.37. The Hall–Kier alpha value is -6.44. The van der Waals surface area contributed by atoms with Crippen molar-refractivity contribution < 1.29 is 0 Å². The van der Waals surface area contributed by atoms with E-state index in [2.05, 4.69) is 207 Å². The van der Waals surface area contributed by atoms with Gasteiger partial charge in [-0.2, -0.15) is 0 Å². The molecule has 0 amide bonds. The summed E-state index contributed by atoms with van der Waals surface area (Å²) in [5.74, 6) is 0. The van der Waals surface area contributed by atoms with Gasteiger partial charge in [-0.1, -0.05) is 166 Å². The Morgan fingerprint density at radius 1 is 0.365 bits per heavy atom. The lowest BCUT2D eigenvalue weighted by atomic mass is 9.82. The number of nitrogens with zero attached hydrogens (tertiary/aromatic N) is 1. The Balaban J connectivity index is 1.13. The zero-order valence-electron chi connectivity index (χ0n) is 29.3. The molecule has 0 unspecified atom stereocenters. The molecule has 52 heavy (non-hydrogen) atoms. The zero-order chi connectivity index (χ0) is 34.8. The highest BCUT2D eigenvalue weighted by atomic mass is 15.1. The summed E-state index contributed by atoms with van der Waals surface area (Å²) in [6.45, 7) is 4.71. The summed E-state index contributed by atoms with van der Waals surface area (Å²) >= 11 is 0. The van der Waals surface area contributed by atoms with E-state index in [0.29, 0.717) is 0 Å². The molecule has 9 aromatic carbocycles. The Labute approximate surface area is 305 Å². The van der Waals surface area contributed by atoms with Gasteiger partial charge in [-0.3, -0.25) is 0 Å². The molecular formula is C51H37N. The van der Waals surface area contributed by atoms with E-state index in [-0.39, 0.29) is 5.41 Å². The summed E-state index contributed by atoms with van der Waals surface area (Å²) in [4.78, 5) is 2.45. The van der Waals surface area contributed by atoms with E-state index >= 15 is 0 Å². The summed E-state index contributed by atoms with van der Waals surface area (Å²) in [6.07, 6.45) is 0. The molecule has 0 spiro atoms. The maximum absolute atomic E-state index is 2.45. The zero-order valence-corrected chi connectivity index (χ0v) is 29.3. The van der Waals surface area contributed by atoms with Gasteiger partial charge >= 0.3 is 0 Å². The van der Waals surface area contributed by atoms with Crippen LogP contribution in [0.5, 0.6) is 0 Å². The van der Waals surface area contributed by atoms with Crippen molar-refractivity contribution in [3.63, 3.8) is 0 Å². The first-order valence-corrected chi connectivity index (χ1v) is 18.2. The highest BCUT2D eigenvalue weighted by Crippen LogP contribution is 2.54. The van der Waals surface area contributed by atoms with Crippen molar-refractivity contribution in [1.82, 2.24) is 0 Å². The van der Waals surface area contributed by atoms with Crippen molar-refractivity contribution in [3.8, 4) is 33.4 Å². The molecule has 0 aromatic heterocycles. The molecule has 0 aliphatic heterocycles. The molecule has 0 heterocycles. The largest absolute Gasteiger partial charge is 0.310 e. The average molecular weight is 664 g/mol. The molecule has 0 bridgehead atoms. The lowest BCUT2D eigenvalue weighted by Gasteiger charge is -2.29. The van der Waals surface area contributed by atoms with Crippen molar-refractivity contribution >= 4 is 49.4 Å². The Bertz CT molecular complexity index is 2810. The van der Waals surface area contributed by atoms with Gasteiger partial charge in [-0.15, -0.1) is 0 Å². The van der Waals surface area contributed by atoms with Crippen LogP contribution < -0.4 is 4.90 Å². The van der Waals surface area contributed by atoms with Crippen LogP contribution in [-0.4, -0.2) is 0 Å². The summed E-state index contributed by atoms with van der Waals surface area (Å²) in [6, 6.07) is 69.2. The molecule has 10 rings (SSSR count). The number of benzene rings is 9. The number of hydrogen-bond acceptors (Lipinski definition) is 1. The molecule has 246 valence electrons. The number of fused-ring (bicyclic) bond motifs is 8. The van der Waals surface area contributed by atoms with Crippen LogP contribution in [0, 0.1) is 0 Å². The van der Waals surface area contributed by atoms with Gasteiger partial charge in [0, 0.05) is 22.4 Å². The van der Waals surface area contributed by atoms with Crippen LogP contribution in [0.2, 0.25) is 0 Å². The quantitative estimate of drug-likeness (QED) is 0.166. The van der Waals surface area contributed by atoms with Crippen molar-refractivity contribution in [2.24, 2.45) is 0 Å². The van der Waals surface area contributed by atoms with Crippen LogP contribution in [0.15, 0.2) is 188 Å². The Kier molecular flexibility index (Phi) is 6.91. The topological polar surface area (TPSA) is 3.24 Å². The minimum absolute atomic E-state index is 0.0874. The van der Waals surface area contributed by atoms with E-state index in [9.17, 15) is 0 Å². The summed E-state index contributed by atoms with van der Waals surface area (Å²) in [5.41, 5.74) is 13.6. The van der Waals surface area contributed by atoms with Crippen LogP contribution in [-0.2, 0) is 5.41 Å².